The van der Waals surface area contributed by atoms with Crippen molar-refractivity contribution in [2.24, 2.45) is 0 Å². The summed E-state index contributed by atoms with van der Waals surface area (Å²) >= 11 is 0. The van der Waals surface area contributed by atoms with Crippen LogP contribution in [0, 0.1) is 0 Å². The van der Waals surface area contributed by atoms with Crippen LogP contribution in [0.4, 0.5) is 0 Å². The Kier molecular flexibility index (Phi) is 5.56. The van der Waals surface area contributed by atoms with E-state index in [0.717, 1.165) is 19.5 Å². The van der Waals surface area contributed by atoms with E-state index in [4.69, 9.17) is 4.74 Å². The Bertz CT molecular complexity index is 168. The average molecular weight is 200 g/mol. The molecule has 4 heteroatoms. The first-order valence-corrected chi connectivity index (χ1v) is 5.32. The van der Waals surface area contributed by atoms with Crippen molar-refractivity contribution in [3.8, 4) is 0 Å². The lowest BCUT2D eigenvalue weighted by atomic mass is 10.1. The zero-order chi connectivity index (χ0) is 10.2. The molecule has 1 heterocycles. The number of nitrogens with one attached hydrogen (secondary N) is 2. The van der Waals surface area contributed by atoms with E-state index in [2.05, 4.69) is 10.6 Å². The van der Waals surface area contributed by atoms with Gasteiger partial charge in [0.15, 0.2) is 0 Å². The van der Waals surface area contributed by atoms with Crippen molar-refractivity contribution in [2.45, 2.75) is 31.7 Å². The van der Waals surface area contributed by atoms with Crippen LogP contribution in [0.15, 0.2) is 0 Å². The van der Waals surface area contributed by atoms with Crippen molar-refractivity contribution in [1.29, 1.82) is 0 Å². The van der Waals surface area contributed by atoms with Gasteiger partial charge in [0.1, 0.15) is 0 Å². The summed E-state index contributed by atoms with van der Waals surface area (Å²) in [4.78, 5) is 11.2. The summed E-state index contributed by atoms with van der Waals surface area (Å²) in [5.41, 5.74) is 0. The zero-order valence-corrected chi connectivity index (χ0v) is 8.84. The molecule has 2 N–H and O–H groups in total. The van der Waals surface area contributed by atoms with Crippen molar-refractivity contribution in [3.05, 3.63) is 0 Å². The van der Waals surface area contributed by atoms with E-state index in [1.54, 1.807) is 7.11 Å². The van der Waals surface area contributed by atoms with Gasteiger partial charge >= 0.3 is 0 Å². The molecular weight excluding hydrogens is 180 g/mol. The Morgan fingerprint density at radius 3 is 3.14 bits per heavy atom. The van der Waals surface area contributed by atoms with E-state index in [-0.39, 0.29) is 5.91 Å². The smallest absolute Gasteiger partial charge is 0.222 e. The molecule has 0 aliphatic carbocycles. The summed E-state index contributed by atoms with van der Waals surface area (Å²) in [5.74, 6) is 0.0878. The molecule has 0 aromatic carbocycles. The number of rotatable bonds is 6. The molecule has 1 atom stereocenters. The molecule has 1 rings (SSSR count). The van der Waals surface area contributed by atoms with Crippen LogP contribution in [-0.2, 0) is 9.53 Å². The van der Waals surface area contributed by atoms with Crippen LogP contribution in [0.25, 0.3) is 0 Å². The minimum atomic E-state index is 0.0878. The highest BCUT2D eigenvalue weighted by atomic mass is 16.5. The van der Waals surface area contributed by atoms with Crippen LogP contribution in [0.2, 0.25) is 0 Å². The van der Waals surface area contributed by atoms with Crippen molar-refractivity contribution in [1.82, 2.24) is 10.6 Å². The van der Waals surface area contributed by atoms with Gasteiger partial charge in [-0.15, -0.1) is 0 Å². The molecule has 1 aliphatic rings. The molecule has 0 unspecified atom stereocenters. The summed E-state index contributed by atoms with van der Waals surface area (Å²) in [5, 5.41) is 6.28. The lowest BCUT2D eigenvalue weighted by Crippen LogP contribution is -2.30. The first kappa shape index (κ1) is 11.5. The predicted octanol–water partition coefficient (Wildman–Crippen LogP) is 0.281. The van der Waals surface area contributed by atoms with Crippen LogP contribution in [0.5, 0.6) is 0 Å². The Morgan fingerprint density at radius 1 is 1.64 bits per heavy atom. The van der Waals surface area contributed by atoms with E-state index in [1.807, 2.05) is 0 Å². The summed E-state index contributed by atoms with van der Waals surface area (Å²) in [6.45, 7) is 2.41. The first-order chi connectivity index (χ1) is 6.83. The maximum atomic E-state index is 11.2. The normalized spacial score (nSPS) is 21.1. The van der Waals surface area contributed by atoms with Crippen LogP contribution in [-0.4, -0.2) is 38.8 Å². The minimum Gasteiger partial charge on any atom is -0.384 e. The van der Waals surface area contributed by atoms with Crippen molar-refractivity contribution < 1.29 is 9.53 Å². The number of hydrogen-bond acceptors (Lipinski definition) is 3. The second-order valence-corrected chi connectivity index (χ2v) is 3.67. The number of ether oxygens (including phenoxy) is 1. The number of carbonyl (C=O) groups is 1. The van der Waals surface area contributed by atoms with Crippen LogP contribution in [0.1, 0.15) is 25.7 Å². The molecule has 1 amide bonds. The quantitative estimate of drug-likeness (QED) is 0.647. The SMILES string of the molecule is COCCC(=O)NCC[C@@H]1CCCN1. The van der Waals surface area contributed by atoms with Gasteiger partial charge in [-0.25, -0.2) is 0 Å². The monoisotopic (exact) mass is 200 g/mol. The van der Waals surface area contributed by atoms with Crippen LogP contribution in [0.3, 0.4) is 0 Å². The third-order valence-corrected chi connectivity index (χ3v) is 2.51. The third-order valence-electron chi connectivity index (χ3n) is 2.51. The van der Waals surface area contributed by atoms with Gasteiger partial charge < -0.3 is 15.4 Å². The van der Waals surface area contributed by atoms with Gasteiger partial charge in [-0.3, -0.25) is 4.79 Å². The molecule has 0 aromatic heterocycles. The van der Waals surface area contributed by atoms with Gasteiger partial charge in [-0.1, -0.05) is 0 Å². The maximum absolute atomic E-state index is 11.2. The van der Waals surface area contributed by atoms with Crippen molar-refractivity contribution in [3.63, 3.8) is 0 Å². The lowest BCUT2D eigenvalue weighted by Gasteiger charge is -2.10. The summed E-state index contributed by atoms with van der Waals surface area (Å²) in [7, 11) is 1.61. The molecule has 82 valence electrons. The fraction of sp³-hybridized carbons (Fsp3) is 0.900. The maximum Gasteiger partial charge on any atom is 0.222 e. The zero-order valence-electron chi connectivity index (χ0n) is 8.84. The molecule has 4 nitrogen and oxygen atoms in total. The molecule has 0 saturated carbocycles. The lowest BCUT2D eigenvalue weighted by molar-refractivity contribution is -0.121. The van der Waals surface area contributed by atoms with Crippen LogP contribution < -0.4 is 10.6 Å². The molecular formula is C10H20N2O2. The molecule has 1 fully saturated rings. The Balaban J connectivity index is 1.94. The fourth-order valence-corrected chi connectivity index (χ4v) is 1.67. The highest BCUT2D eigenvalue weighted by molar-refractivity contribution is 5.75. The average Bonchev–Trinajstić information content (AvgIpc) is 2.67. The summed E-state index contributed by atoms with van der Waals surface area (Å²) < 4.78 is 4.82. The molecule has 0 aromatic rings. The summed E-state index contributed by atoms with van der Waals surface area (Å²) in [6.07, 6.45) is 4.02. The van der Waals surface area contributed by atoms with E-state index in [0.29, 0.717) is 19.1 Å². The molecule has 0 spiro atoms. The number of methoxy groups -OCH3 is 1. The van der Waals surface area contributed by atoms with Gasteiger partial charge in [0.2, 0.25) is 5.91 Å². The van der Waals surface area contributed by atoms with Gasteiger partial charge in [0.05, 0.1) is 6.61 Å². The number of amides is 1. The molecule has 1 saturated heterocycles. The second kappa shape index (κ2) is 6.79. The van der Waals surface area contributed by atoms with E-state index >= 15 is 0 Å². The largest absolute Gasteiger partial charge is 0.384 e. The predicted molar refractivity (Wildman–Crippen MR) is 55.1 cm³/mol. The number of carbonyl (C=O) groups excluding carboxylic acids is 1. The third kappa shape index (κ3) is 4.58. The highest BCUT2D eigenvalue weighted by Gasteiger charge is 2.13. The Labute approximate surface area is 85.4 Å². The van der Waals surface area contributed by atoms with Gasteiger partial charge in [0, 0.05) is 26.1 Å². The number of hydrogen-bond donors (Lipinski definition) is 2. The fourth-order valence-electron chi connectivity index (χ4n) is 1.67. The molecule has 14 heavy (non-hydrogen) atoms. The second-order valence-electron chi connectivity index (χ2n) is 3.67. The van der Waals surface area contributed by atoms with Crippen LogP contribution >= 0.6 is 0 Å². The summed E-state index contributed by atoms with van der Waals surface area (Å²) in [6, 6.07) is 0.609. The molecule has 1 aliphatic heterocycles. The van der Waals surface area contributed by atoms with E-state index in [9.17, 15) is 4.79 Å². The Hall–Kier alpha value is -0.610. The van der Waals surface area contributed by atoms with Crippen molar-refractivity contribution >= 4 is 5.91 Å². The first-order valence-electron chi connectivity index (χ1n) is 5.32. The van der Waals surface area contributed by atoms with E-state index in [1.165, 1.54) is 12.8 Å². The van der Waals surface area contributed by atoms with Crippen molar-refractivity contribution in [2.75, 3.05) is 26.8 Å². The highest BCUT2D eigenvalue weighted by Crippen LogP contribution is 2.07. The minimum absolute atomic E-state index is 0.0878. The topological polar surface area (TPSA) is 50.4 Å². The van der Waals surface area contributed by atoms with Gasteiger partial charge in [0.25, 0.3) is 0 Å². The standard InChI is InChI=1S/C10H20N2O2/c1-14-8-5-10(13)12-7-4-9-3-2-6-11-9/h9,11H,2-8H2,1H3,(H,12,13)/t9-/m0/s1. The molecule has 0 radical (unpaired) electrons. The van der Waals surface area contributed by atoms with Gasteiger partial charge in [-0.05, 0) is 25.8 Å². The van der Waals surface area contributed by atoms with E-state index < -0.39 is 0 Å². The Morgan fingerprint density at radius 2 is 2.50 bits per heavy atom. The molecule has 0 bridgehead atoms. The van der Waals surface area contributed by atoms with Gasteiger partial charge in [-0.2, -0.15) is 0 Å².